The molecule has 0 radical (unpaired) electrons. The molecule has 66 valence electrons. The minimum absolute atomic E-state index is 0.562. The van der Waals surface area contributed by atoms with E-state index in [2.05, 4.69) is 20.4 Å². The van der Waals surface area contributed by atoms with Crippen LogP contribution in [0, 0.1) is 0 Å². The Labute approximate surface area is 74.4 Å². The summed E-state index contributed by atoms with van der Waals surface area (Å²) in [6, 6.07) is 5.26. The summed E-state index contributed by atoms with van der Waals surface area (Å²) in [6.45, 7) is 0. The number of aromatic nitrogens is 4. The number of H-pyrrole nitrogens is 1. The van der Waals surface area contributed by atoms with Crippen LogP contribution in [0.2, 0.25) is 0 Å². The zero-order chi connectivity index (χ0) is 9.10. The van der Waals surface area contributed by atoms with Crippen molar-refractivity contribution in [1.82, 2.24) is 20.4 Å². The van der Waals surface area contributed by atoms with Crippen molar-refractivity contribution in [2.45, 2.75) is 0 Å². The SMILES string of the molecule is NN(c1cccnn1)c1ccn[nH]1. The normalized spacial score (nSPS) is 9.92. The number of nitrogens with one attached hydrogen (secondary N) is 1. The maximum absolute atomic E-state index is 5.72. The lowest BCUT2D eigenvalue weighted by atomic mass is 10.5. The van der Waals surface area contributed by atoms with Crippen molar-refractivity contribution in [3.8, 4) is 0 Å². The molecule has 0 aliphatic heterocycles. The molecule has 0 aliphatic carbocycles. The number of hydrogen-bond acceptors (Lipinski definition) is 5. The Hall–Kier alpha value is -1.95. The summed E-state index contributed by atoms with van der Waals surface area (Å²) in [5.41, 5.74) is 0. The van der Waals surface area contributed by atoms with E-state index >= 15 is 0 Å². The van der Waals surface area contributed by atoms with Crippen molar-refractivity contribution in [1.29, 1.82) is 0 Å². The predicted octanol–water partition coefficient (Wildman–Crippen LogP) is 0.211. The highest BCUT2D eigenvalue weighted by atomic mass is 15.5. The first-order valence-corrected chi connectivity index (χ1v) is 3.70. The smallest absolute Gasteiger partial charge is 0.171 e. The first-order valence-electron chi connectivity index (χ1n) is 3.70. The van der Waals surface area contributed by atoms with Gasteiger partial charge in [-0.05, 0) is 12.1 Å². The van der Waals surface area contributed by atoms with E-state index in [-0.39, 0.29) is 0 Å². The topological polar surface area (TPSA) is 83.7 Å². The van der Waals surface area contributed by atoms with Crippen LogP contribution in [-0.2, 0) is 0 Å². The Morgan fingerprint density at radius 3 is 2.85 bits per heavy atom. The Morgan fingerprint density at radius 2 is 2.23 bits per heavy atom. The van der Waals surface area contributed by atoms with Crippen molar-refractivity contribution < 1.29 is 0 Å². The monoisotopic (exact) mass is 176 g/mol. The molecule has 0 unspecified atom stereocenters. The minimum atomic E-state index is 0.562. The van der Waals surface area contributed by atoms with Gasteiger partial charge in [-0.25, -0.2) is 10.9 Å². The van der Waals surface area contributed by atoms with Crippen LogP contribution in [0.1, 0.15) is 0 Å². The Kier molecular flexibility index (Phi) is 1.89. The van der Waals surface area contributed by atoms with Crippen LogP contribution in [0.25, 0.3) is 0 Å². The molecular formula is C7H8N6. The summed E-state index contributed by atoms with van der Waals surface area (Å²) in [5.74, 6) is 6.95. The molecule has 2 aromatic rings. The van der Waals surface area contributed by atoms with E-state index in [0.29, 0.717) is 11.6 Å². The fourth-order valence-corrected chi connectivity index (χ4v) is 0.928. The molecule has 2 aromatic heterocycles. The highest BCUT2D eigenvalue weighted by Gasteiger charge is 2.05. The lowest BCUT2D eigenvalue weighted by Crippen LogP contribution is -2.26. The second kappa shape index (κ2) is 3.20. The third-order valence-corrected chi connectivity index (χ3v) is 1.55. The molecule has 0 aliphatic rings. The molecule has 13 heavy (non-hydrogen) atoms. The average Bonchev–Trinajstić information content (AvgIpc) is 2.71. The number of aromatic amines is 1. The molecule has 6 nitrogen and oxygen atoms in total. The van der Waals surface area contributed by atoms with Crippen LogP contribution < -0.4 is 10.9 Å². The van der Waals surface area contributed by atoms with Crippen LogP contribution in [-0.4, -0.2) is 20.4 Å². The van der Waals surface area contributed by atoms with Gasteiger partial charge in [-0.2, -0.15) is 10.2 Å². The van der Waals surface area contributed by atoms with Gasteiger partial charge in [-0.15, -0.1) is 5.10 Å². The quantitative estimate of drug-likeness (QED) is 0.504. The van der Waals surface area contributed by atoms with Crippen molar-refractivity contribution in [3.05, 3.63) is 30.6 Å². The van der Waals surface area contributed by atoms with Gasteiger partial charge < -0.3 is 0 Å². The Bertz CT molecular complexity index is 356. The van der Waals surface area contributed by atoms with E-state index in [1.54, 1.807) is 30.6 Å². The van der Waals surface area contributed by atoms with Gasteiger partial charge >= 0.3 is 0 Å². The van der Waals surface area contributed by atoms with E-state index in [1.165, 1.54) is 5.01 Å². The van der Waals surface area contributed by atoms with Crippen LogP contribution in [0.15, 0.2) is 30.6 Å². The number of anilines is 2. The van der Waals surface area contributed by atoms with Crippen molar-refractivity contribution in [3.63, 3.8) is 0 Å². The lowest BCUT2D eigenvalue weighted by molar-refractivity contribution is 0.925. The zero-order valence-corrected chi connectivity index (χ0v) is 6.75. The van der Waals surface area contributed by atoms with Crippen LogP contribution in [0.5, 0.6) is 0 Å². The van der Waals surface area contributed by atoms with E-state index in [9.17, 15) is 0 Å². The number of hydrogen-bond donors (Lipinski definition) is 2. The number of nitrogens with zero attached hydrogens (tertiary/aromatic N) is 4. The summed E-state index contributed by atoms with van der Waals surface area (Å²) < 4.78 is 0. The van der Waals surface area contributed by atoms with Crippen molar-refractivity contribution in [2.24, 2.45) is 5.84 Å². The minimum Gasteiger partial charge on any atom is -0.262 e. The van der Waals surface area contributed by atoms with Gasteiger partial charge in [0, 0.05) is 12.3 Å². The molecule has 0 amide bonds. The van der Waals surface area contributed by atoms with Crippen LogP contribution in [0.3, 0.4) is 0 Å². The number of hydrazine groups is 1. The molecule has 0 aromatic carbocycles. The fraction of sp³-hybridized carbons (Fsp3) is 0. The summed E-state index contributed by atoms with van der Waals surface area (Å²) in [6.07, 6.45) is 3.20. The largest absolute Gasteiger partial charge is 0.262 e. The molecule has 0 saturated heterocycles. The molecule has 3 N–H and O–H groups in total. The summed E-state index contributed by atoms with van der Waals surface area (Å²) in [4.78, 5) is 0. The summed E-state index contributed by atoms with van der Waals surface area (Å²) in [5, 5.41) is 15.4. The molecule has 2 rings (SSSR count). The standard InChI is InChI=1S/C7H8N6/c8-13(7-3-5-10-12-7)6-2-1-4-9-11-6/h1-5H,8H2,(H,10,12). The van der Waals surface area contributed by atoms with E-state index in [0.717, 1.165) is 0 Å². The first kappa shape index (κ1) is 7.69. The molecule has 2 heterocycles. The van der Waals surface area contributed by atoms with E-state index in [1.807, 2.05) is 0 Å². The summed E-state index contributed by atoms with van der Waals surface area (Å²) >= 11 is 0. The molecule has 0 spiro atoms. The summed E-state index contributed by atoms with van der Waals surface area (Å²) in [7, 11) is 0. The molecule has 6 heteroatoms. The van der Waals surface area contributed by atoms with Crippen LogP contribution in [0.4, 0.5) is 11.6 Å². The van der Waals surface area contributed by atoms with Crippen LogP contribution >= 0.6 is 0 Å². The van der Waals surface area contributed by atoms with Crippen molar-refractivity contribution >= 4 is 11.6 Å². The van der Waals surface area contributed by atoms with Gasteiger partial charge in [-0.1, -0.05) is 0 Å². The zero-order valence-electron chi connectivity index (χ0n) is 6.75. The Balaban J connectivity index is 2.29. The molecular weight excluding hydrogens is 168 g/mol. The number of rotatable bonds is 2. The van der Waals surface area contributed by atoms with Gasteiger partial charge in [0.1, 0.15) is 5.82 Å². The highest BCUT2D eigenvalue weighted by Crippen LogP contribution is 2.14. The van der Waals surface area contributed by atoms with Gasteiger partial charge in [0.2, 0.25) is 0 Å². The third kappa shape index (κ3) is 1.47. The second-order valence-electron chi connectivity index (χ2n) is 2.39. The van der Waals surface area contributed by atoms with E-state index < -0.39 is 0 Å². The lowest BCUT2D eigenvalue weighted by Gasteiger charge is -2.12. The van der Waals surface area contributed by atoms with E-state index in [4.69, 9.17) is 5.84 Å². The number of nitrogens with two attached hydrogens (primary N) is 1. The fourth-order valence-electron chi connectivity index (χ4n) is 0.928. The predicted molar refractivity (Wildman–Crippen MR) is 46.9 cm³/mol. The van der Waals surface area contributed by atoms with Gasteiger partial charge in [0.25, 0.3) is 0 Å². The van der Waals surface area contributed by atoms with Gasteiger partial charge in [0.05, 0.1) is 6.20 Å². The first-order chi connectivity index (χ1) is 6.38. The maximum atomic E-state index is 5.72. The Morgan fingerprint density at radius 1 is 1.31 bits per heavy atom. The molecule has 0 saturated carbocycles. The third-order valence-electron chi connectivity index (χ3n) is 1.55. The highest BCUT2D eigenvalue weighted by molar-refractivity contribution is 5.51. The second-order valence-corrected chi connectivity index (χ2v) is 2.39. The van der Waals surface area contributed by atoms with Crippen molar-refractivity contribution in [2.75, 3.05) is 5.01 Å². The maximum Gasteiger partial charge on any atom is 0.171 e. The average molecular weight is 176 g/mol. The molecule has 0 bridgehead atoms. The molecule has 0 atom stereocenters. The van der Waals surface area contributed by atoms with Gasteiger partial charge in [-0.3, -0.25) is 5.10 Å². The van der Waals surface area contributed by atoms with Gasteiger partial charge in [0.15, 0.2) is 5.82 Å². The molecule has 0 fully saturated rings.